The quantitative estimate of drug-likeness (QED) is 0.932. The lowest BCUT2D eigenvalue weighted by molar-refractivity contribution is 0.253. The van der Waals surface area contributed by atoms with Crippen LogP contribution in [0.1, 0.15) is 35.6 Å². The van der Waals surface area contributed by atoms with E-state index in [9.17, 15) is 4.79 Å². The molecule has 0 amide bonds. The third-order valence-electron chi connectivity index (χ3n) is 5.01. The highest BCUT2D eigenvalue weighted by Gasteiger charge is 2.22. The van der Waals surface area contributed by atoms with Gasteiger partial charge < -0.3 is 9.32 Å². The molecule has 128 valence electrons. The van der Waals surface area contributed by atoms with Gasteiger partial charge in [-0.3, -0.25) is 14.7 Å². The van der Waals surface area contributed by atoms with Crippen LogP contribution in [-0.4, -0.2) is 41.0 Å². The van der Waals surface area contributed by atoms with E-state index >= 15 is 0 Å². The number of anilines is 1. The minimum Gasteiger partial charge on any atom is -0.465 e. The Hall–Kier alpha value is -2.08. The number of hydrogen-bond donors (Lipinski definition) is 1. The summed E-state index contributed by atoms with van der Waals surface area (Å²) in [6.45, 7) is 6.50. The standard InChI is InChI=1S/C18H24N4O2/c1-13-4-5-14(24-13)12-21-10-6-15-16(7-11-21)19-18(20-17(15)23)22-8-2-3-9-22/h4-5H,2-3,6-12H2,1H3,(H,19,20,23). The molecule has 2 aromatic heterocycles. The van der Waals surface area contributed by atoms with Gasteiger partial charge in [-0.1, -0.05) is 0 Å². The van der Waals surface area contributed by atoms with Crippen molar-refractivity contribution in [3.05, 3.63) is 45.3 Å². The Kier molecular flexibility index (Phi) is 4.14. The number of fused-ring (bicyclic) bond motifs is 1. The van der Waals surface area contributed by atoms with Crippen LogP contribution >= 0.6 is 0 Å². The lowest BCUT2D eigenvalue weighted by atomic mass is 10.1. The number of nitrogens with zero attached hydrogens (tertiary/aromatic N) is 3. The molecule has 4 rings (SSSR count). The predicted octanol–water partition coefficient (Wildman–Crippen LogP) is 1.87. The molecule has 6 nitrogen and oxygen atoms in total. The summed E-state index contributed by atoms with van der Waals surface area (Å²) in [5.74, 6) is 2.68. The maximum Gasteiger partial charge on any atom is 0.255 e. The molecule has 2 aromatic rings. The van der Waals surface area contributed by atoms with Gasteiger partial charge in [-0.05, 0) is 38.3 Å². The Bertz CT molecular complexity index is 774. The minimum atomic E-state index is 0.0394. The summed E-state index contributed by atoms with van der Waals surface area (Å²) >= 11 is 0. The average molecular weight is 328 g/mol. The fraction of sp³-hybridized carbons (Fsp3) is 0.556. The highest BCUT2D eigenvalue weighted by molar-refractivity contribution is 5.35. The van der Waals surface area contributed by atoms with Crippen LogP contribution in [0, 0.1) is 6.92 Å². The van der Waals surface area contributed by atoms with Crippen molar-refractivity contribution in [1.29, 1.82) is 0 Å². The molecule has 0 saturated carbocycles. The summed E-state index contributed by atoms with van der Waals surface area (Å²) in [4.78, 5) is 24.8. The molecule has 1 fully saturated rings. The molecule has 0 aromatic carbocycles. The highest BCUT2D eigenvalue weighted by Crippen LogP contribution is 2.19. The zero-order chi connectivity index (χ0) is 16.5. The summed E-state index contributed by atoms with van der Waals surface area (Å²) in [7, 11) is 0. The molecule has 1 N–H and O–H groups in total. The molecule has 0 unspecified atom stereocenters. The lowest BCUT2D eigenvalue weighted by Crippen LogP contribution is -2.27. The van der Waals surface area contributed by atoms with Crippen molar-refractivity contribution in [3.63, 3.8) is 0 Å². The minimum absolute atomic E-state index is 0.0394. The van der Waals surface area contributed by atoms with Gasteiger partial charge in [0.15, 0.2) is 0 Å². The Balaban J connectivity index is 1.51. The Morgan fingerprint density at radius 2 is 1.96 bits per heavy atom. The third kappa shape index (κ3) is 3.11. The average Bonchev–Trinajstić information content (AvgIpc) is 3.18. The molecule has 1 saturated heterocycles. The van der Waals surface area contributed by atoms with Crippen molar-refractivity contribution in [3.8, 4) is 0 Å². The van der Waals surface area contributed by atoms with Crippen molar-refractivity contribution in [2.24, 2.45) is 0 Å². The topological polar surface area (TPSA) is 65.4 Å². The van der Waals surface area contributed by atoms with Gasteiger partial charge >= 0.3 is 0 Å². The first-order valence-electron chi connectivity index (χ1n) is 8.84. The maximum atomic E-state index is 12.5. The summed E-state index contributed by atoms with van der Waals surface area (Å²) < 4.78 is 5.68. The van der Waals surface area contributed by atoms with Crippen molar-refractivity contribution >= 4 is 5.95 Å². The maximum absolute atomic E-state index is 12.5. The van der Waals surface area contributed by atoms with Gasteiger partial charge in [-0.2, -0.15) is 0 Å². The van der Waals surface area contributed by atoms with Gasteiger partial charge in [0, 0.05) is 38.2 Å². The number of hydrogen-bond acceptors (Lipinski definition) is 5. The first-order valence-corrected chi connectivity index (χ1v) is 8.84. The lowest BCUT2D eigenvalue weighted by Gasteiger charge is -2.17. The normalized spacial score (nSPS) is 18.6. The van der Waals surface area contributed by atoms with Crippen molar-refractivity contribution in [2.45, 2.75) is 39.2 Å². The predicted molar refractivity (Wildman–Crippen MR) is 92.4 cm³/mol. The fourth-order valence-electron chi connectivity index (χ4n) is 3.67. The van der Waals surface area contributed by atoms with Crippen LogP contribution in [0.3, 0.4) is 0 Å². The molecule has 4 heterocycles. The van der Waals surface area contributed by atoms with E-state index in [0.29, 0.717) is 0 Å². The molecule has 0 radical (unpaired) electrons. The van der Waals surface area contributed by atoms with E-state index < -0.39 is 0 Å². The second-order valence-corrected chi connectivity index (χ2v) is 6.80. The Morgan fingerprint density at radius 3 is 2.71 bits per heavy atom. The van der Waals surface area contributed by atoms with Gasteiger partial charge in [0.25, 0.3) is 5.56 Å². The second-order valence-electron chi connectivity index (χ2n) is 6.80. The Morgan fingerprint density at radius 1 is 1.17 bits per heavy atom. The third-order valence-corrected chi connectivity index (χ3v) is 5.01. The zero-order valence-corrected chi connectivity index (χ0v) is 14.2. The van der Waals surface area contributed by atoms with Crippen LogP contribution in [-0.2, 0) is 19.4 Å². The molecule has 24 heavy (non-hydrogen) atoms. The number of nitrogens with one attached hydrogen (secondary N) is 1. The van der Waals surface area contributed by atoms with Gasteiger partial charge in [-0.15, -0.1) is 0 Å². The van der Waals surface area contributed by atoms with E-state index in [1.54, 1.807) is 0 Å². The Labute approximate surface area is 141 Å². The van der Waals surface area contributed by atoms with E-state index in [-0.39, 0.29) is 5.56 Å². The number of rotatable bonds is 3. The molecule has 2 aliphatic heterocycles. The van der Waals surface area contributed by atoms with Gasteiger partial charge in [0.2, 0.25) is 5.95 Å². The van der Waals surface area contributed by atoms with Crippen LogP contribution in [0.15, 0.2) is 21.3 Å². The van der Waals surface area contributed by atoms with Gasteiger partial charge in [-0.25, -0.2) is 4.98 Å². The van der Waals surface area contributed by atoms with Gasteiger partial charge in [0.1, 0.15) is 11.5 Å². The first kappa shape index (κ1) is 15.4. The van der Waals surface area contributed by atoms with Crippen molar-refractivity contribution < 1.29 is 4.42 Å². The number of aromatic nitrogens is 2. The van der Waals surface area contributed by atoms with Gasteiger partial charge in [0.05, 0.1) is 12.2 Å². The fourth-order valence-corrected chi connectivity index (χ4v) is 3.67. The molecular formula is C18H24N4O2. The van der Waals surface area contributed by atoms with Crippen molar-refractivity contribution in [1.82, 2.24) is 14.9 Å². The van der Waals surface area contributed by atoms with E-state index in [1.165, 1.54) is 12.8 Å². The first-order chi connectivity index (χ1) is 11.7. The zero-order valence-electron chi connectivity index (χ0n) is 14.2. The summed E-state index contributed by atoms with van der Waals surface area (Å²) in [6.07, 6.45) is 3.92. The number of furan rings is 1. The van der Waals surface area contributed by atoms with E-state index in [2.05, 4.69) is 14.8 Å². The highest BCUT2D eigenvalue weighted by atomic mass is 16.3. The van der Waals surface area contributed by atoms with Crippen LogP contribution in [0.5, 0.6) is 0 Å². The molecule has 2 aliphatic rings. The van der Waals surface area contributed by atoms with Crippen LogP contribution < -0.4 is 10.5 Å². The number of aromatic amines is 1. The molecule has 0 bridgehead atoms. The van der Waals surface area contributed by atoms with Crippen LogP contribution in [0.25, 0.3) is 0 Å². The van der Waals surface area contributed by atoms with E-state index in [0.717, 1.165) is 74.3 Å². The molecule has 0 aliphatic carbocycles. The SMILES string of the molecule is Cc1ccc(CN2CCc3nc(N4CCCC4)[nH]c(=O)c3CC2)o1. The summed E-state index contributed by atoms with van der Waals surface area (Å²) in [6, 6.07) is 4.03. The number of H-pyrrole nitrogens is 1. The summed E-state index contributed by atoms with van der Waals surface area (Å²) in [5, 5.41) is 0. The molecule has 6 heteroatoms. The summed E-state index contributed by atoms with van der Waals surface area (Å²) in [5.41, 5.74) is 1.87. The largest absolute Gasteiger partial charge is 0.465 e. The molecule has 0 atom stereocenters. The second kappa shape index (κ2) is 6.43. The molecular weight excluding hydrogens is 304 g/mol. The van der Waals surface area contributed by atoms with Crippen LogP contribution in [0.4, 0.5) is 5.95 Å². The van der Waals surface area contributed by atoms with E-state index in [1.807, 2.05) is 19.1 Å². The van der Waals surface area contributed by atoms with Crippen LogP contribution in [0.2, 0.25) is 0 Å². The smallest absolute Gasteiger partial charge is 0.255 e. The van der Waals surface area contributed by atoms with Crippen molar-refractivity contribution in [2.75, 3.05) is 31.1 Å². The van der Waals surface area contributed by atoms with E-state index in [4.69, 9.17) is 9.40 Å². The number of aryl methyl sites for hydroxylation is 1. The molecule has 0 spiro atoms. The monoisotopic (exact) mass is 328 g/mol.